The molecule has 6 nitrogen and oxygen atoms in total. The van der Waals surface area contributed by atoms with Crippen LogP contribution in [0.15, 0.2) is 47.5 Å². The molecule has 0 aliphatic rings. The number of nitrogens with zero attached hydrogens (tertiary/aromatic N) is 1. The van der Waals surface area contributed by atoms with Gasteiger partial charge in [0.25, 0.3) is 0 Å². The first-order valence-corrected chi connectivity index (χ1v) is 8.55. The highest BCUT2D eigenvalue weighted by Gasteiger charge is 2.12. The fourth-order valence-electron chi connectivity index (χ4n) is 2.60. The van der Waals surface area contributed by atoms with Crippen LogP contribution >= 0.6 is 0 Å². The van der Waals surface area contributed by atoms with Crippen molar-refractivity contribution in [1.29, 1.82) is 0 Å². The molecule has 2 N–H and O–H groups in total. The van der Waals surface area contributed by atoms with Gasteiger partial charge in [-0.3, -0.25) is 4.99 Å². The molecule has 2 aromatic rings. The van der Waals surface area contributed by atoms with Crippen molar-refractivity contribution in [3.8, 4) is 11.5 Å². The van der Waals surface area contributed by atoms with Crippen molar-refractivity contribution < 1.29 is 18.6 Å². The SMILES string of the molecule is CN=C(NCc1ccc(OC)cc1OC)NCC(OC)c1ccc(F)cc1. The Bertz CT molecular complexity index is 751. The quantitative estimate of drug-likeness (QED) is 0.549. The van der Waals surface area contributed by atoms with Gasteiger partial charge in [-0.05, 0) is 29.8 Å². The Morgan fingerprint density at radius 1 is 1.04 bits per heavy atom. The maximum Gasteiger partial charge on any atom is 0.191 e. The van der Waals surface area contributed by atoms with Gasteiger partial charge < -0.3 is 24.8 Å². The van der Waals surface area contributed by atoms with Crippen LogP contribution < -0.4 is 20.1 Å². The van der Waals surface area contributed by atoms with E-state index in [1.807, 2.05) is 18.2 Å². The summed E-state index contributed by atoms with van der Waals surface area (Å²) < 4.78 is 29.2. The normalized spacial score (nSPS) is 12.4. The number of ether oxygens (including phenoxy) is 3. The summed E-state index contributed by atoms with van der Waals surface area (Å²) in [6, 6.07) is 11.9. The van der Waals surface area contributed by atoms with Crippen molar-refractivity contribution in [3.05, 3.63) is 59.4 Å². The maximum atomic E-state index is 13.1. The summed E-state index contributed by atoms with van der Waals surface area (Å²) in [5, 5.41) is 6.46. The van der Waals surface area contributed by atoms with Gasteiger partial charge in [0, 0.05) is 38.9 Å². The van der Waals surface area contributed by atoms with Gasteiger partial charge in [0.1, 0.15) is 17.3 Å². The van der Waals surface area contributed by atoms with Crippen LogP contribution in [0.25, 0.3) is 0 Å². The molecule has 2 aromatic carbocycles. The van der Waals surface area contributed by atoms with Gasteiger partial charge in [0.2, 0.25) is 0 Å². The molecule has 0 spiro atoms. The number of hydrogen-bond acceptors (Lipinski definition) is 4. The molecule has 0 saturated carbocycles. The van der Waals surface area contributed by atoms with E-state index >= 15 is 0 Å². The minimum absolute atomic E-state index is 0.223. The fourth-order valence-corrected chi connectivity index (χ4v) is 2.60. The minimum atomic E-state index is -0.271. The van der Waals surface area contributed by atoms with Crippen molar-refractivity contribution in [2.24, 2.45) is 4.99 Å². The van der Waals surface area contributed by atoms with Crippen molar-refractivity contribution in [2.45, 2.75) is 12.6 Å². The van der Waals surface area contributed by atoms with Gasteiger partial charge in [-0.2, -0.15) is 0 Å². The van der Waals surface area contributed by atoms with E-state index in [2.05, 4.69) is 15.6 Å². The number of benzene rings is 2. The standard InChI is InChI=1S/C20H26FN3O3/c1-22-20(23-12-15-7-10-17(25-2)11-18(15)26-3)24-13-19(27-4)14-5-8-16(21)9-6-14/h5-11,19H,12-13H2,1-4H3,(H2,22,23,24). The Labute approximate surface area is 159 Å². The summed E-state index contributed by atoms with van der Waals surface area (Å²) in [6.45, 7) is 1.02. The lowest BCUT2D eigenvalue weighted by Gasteiger charge is -2.19. The van der Waals surface area contributed by atoms with E-state index in [1.165, 1.54) is 12.1 Å². The van der Waals surface area contributed by atoms with Crippen LogP contribution in [-0.2, 0) is 11.3 Å². The molecule has 0 saturated heterocycles. The zero-order chi connectivity index (χ0) is 19.6. The van der Waals surface area contributed by atoms with Crippen molar-refractivity contribution in [1.82, 2.24) is 10.6 Å². The van der Waals surface area contributed by atoms with E-state index in [4.69, 9.17) is 14.2 Å². The number of hydrogen-bond donors (Lipinski definition) is 2. The van der Waals surface area contributed by atoms with Crippen LogP contribution in [0.2, 0.25) is 0 Å². The molecule has 27 heavy (non-hydrogen) atoms. The van der Waals surface area contributed by atoms with Crippen molar-refractivity contribution in [3.63, 3.8) is 0 Å². The third-order valence-electron chi connectivity index (χ3n) is 4.15. The van der Waals surface area contributed by atoms with Gasteiger partial charge in [-0.15, -0.1) is 0 Å². The van der Waals surface area contributed by atoms with Crippen LogP contribution in [0.1, 0.15) is 17.2 Å². The fraction of sp³-hybridized carbons (Fsp3) is 0.350. The summed E-state index contributed by atoms with van der Waals surface area (Å²) in [6.07, 6.45) is -0.223. The molecule has 0 radical (unpaired) electrons. The molecule has 0 heterocycles. The van der Waals surface area contributed by atoms with Crippen LogP contribution in [0.4, 0.5) is 4.39 Å². The van der Waals surface area contributed by atoms with Crippen LogP contribution in [0.3, 0.4) is 0 Å². The van der Waals surface area contributed by atoms with Gasteiger partial charge >= 0.3 is 0 Å². The third kappa shape index (κ3) is 5.86. The molecule has 0 bridgehead atoms. The maximum absolute atomic E-state index is 13.1. The van der Waals surface area contributed by atoms with E-state index in [0.29, 0.717) is 19.0 Å². The second kappa shape index (κ2) is 10.4. The first-order chi connectivity index (χ1) is 13.1. The average molecular weight is 375 g/mol. The number of rotatable bonds is 8. The molecule has 1 unspecified atom stereocenters. The largest absolute Gasteiger partial charge is 0.497 e. The molecule has 2 rings (SSSR count). The lowest BCUT2D eigenvalue weighted by molar-refractivity contribution is 0.106. The van der Waals surface area contributed by atoms with Crippen LogP contribution in [0, 0.1) is 5.82 Å². The van der Waals surface area contributed by atoms with E-state index < -0.39 is 0 Å². The summed E-state index contributed by atoms with van der Waals surface area (Å²) in [7, 11) is 6.55. The first kappa shape index (κ1) is 20.5. The molecular formula is C20H26FN3O3. The Morgan fingerprint density at radius 2 is 1.78 bits per heavy atom. The highest BCUT2D eigenvalue weighted by atomic mass is 19.1. The van der Waals surface area contributed by atoms with Crippen LogP contribution in [-0.4, -0.2) is 40.9 Å². The molecule has 0 aliphatic heterocycles. The number of methoxy groups -OCH3 is 3. The predicted molar refractivity (Wildman–Crippen MR) is 104 cm³/mol. The zero-order valence-corrected chi connectivity index (χ0v) is 16.1. The summed E-state index contributed by atoms with van der Waals surface area (Å²) in [4.78, 5) is 4.22. The Morgan fingerprint density at radius 3 is 2.37 bits per heavy atom. The Hall–Kier alpha value is -2.80. The monoisotopic (exact) mass is 375 g/mol. The molecule has 1 atom stereocenters. The molecule has 0 amide bonds. The average Bonchev–Trinajstić information content (AvgIpc) is 2.71. The number of halogens is 1. The molecular weight excluding hydrogens is 349 g/mol. The molecule has 0 aromatic heterocycles. The van der Waals surface area contributed by atoms with E-state index in [9.17, 15) is 4.39 Å². The lowest BCUT2D eigenvalue weighted by atomic mass is 10.1. The first-order valence-electron chi connectivity index (χ1n) is 8.55. The summed E-state index contributed by atoms with van der Waals surface area (Å²) >= 11 is 0. The van der Waals surface area contributed by atoms with Gasteiger partial charge in [-0.25, -0.2) is 4.39 Å². The van der Waals surface area contributed by atoms with E-state index in [-0.39, 0.29) is 11.9 Å². The molecule has 146 valence electrons. The zero-order valence-electron chi connectivity index (χ0n) is 16.1. The van der Waals surface area contributed by atoms with E-state index in [0.717, 1.165) is 22.6 Å². The van der Waals surface area contributed by atoms with Gasteiger partial charge in [-0.1, -0.05) is 12.1 Å². The molecule has 0 aliphatic carbocycles. The number of aliphatic imine (C=N–C) groups is 1. The Balaban J connectivity index is 1.94. The summed E-state index contributed by atoms with van der Waals surface area (Å²) in [5.41, 5.74) is 1.86. The second-order valence-electron chi connectivity index (χ2n) is 5.76. The minimum Gasteiger partial charge on any atom is -0.497 e. The van der Waals surface area contributed by atoms with E-state index in [1.54, 1.807) is 40.5 Å². The highest BCUT2D eigenvalue weighted by Crippen LogP contribution is 2.24. The smallest absolute Gasteiger partial charge is 0.191 e. The third-order valence-corrected chi connectivity index (χ3v) is 4.15. The van der Waals surface area contributed by atoms with Crippen LogP contribution in [0.5, 0.6) is 11.5 Å². The van der Waals surface area contributed by atoms with Crippen molar-refractivity contribution >= 4 is 5.96 Å². The predicted octanol–water partition coefficient (Wildman–Crippen LogP) is 2.90. The lowest BCUT2D eigenvalue weighted by Crippen LogP contribution is -2.39. The van der Waals surface area contributed by atoms with Gasteiger partial charge in [0.05, 0.1) is 20.3 Å². The molecule has 7 heteroatoms. The van der Waals surface area contributed by atoms with Crippen molar-refractivity contribution in [2.75, 3.05) is 34.9 Å². The van der Waals surface area contributed by atoms with Gasteiger partial charge in [0.15, 0.2) is 5.96 Å². The summed E-state index contributed by atoms with van der Waals surface area (Å²) in [5.74, 6) is 1.82. The molecule has 0 fully saturated rings. The topological polar surface area (TPSA) is 64.1 Å². The highest BCUT2D eigenvalue weighted by molar-refractivity contribution is 5.79. The Kier molecular flexibility index (Phi) is 7.88. The second-order valence-corrected chi connectivity index (χ2v) is 5.76. The number of nitrogens with one attached hydrogen (secondary N) is 2. The number of guanidine groups is 1.